The number of hydrogen-bond acceptors (Lipinski definition) is 6. The van der Waals surface area contributed by atoms with Crippen LogP contribution in [-0.2, 0) is 17.9 Å². The summed E-state index contributed by atoms with van der Waals surface area (Å²) >= 11 is 0. The number of benzene rings is 1. The van der Waals surface area contributed by atoms with Gasteiger partial charge in [0, 0.05) is 30.7 Å². The Hall–Kier alpha value is -3.85. The third-order valence-electron chi connectivity index (χ3n) is 5.92. The Kier molecular flexibility index (Phi) is 6.06. The van der Waals surface area contributed by atoms with Crippen molar-refractivity contribution in [2.45, 2.75) is 45.7 Å². The fourth-order valence-electron chi connectivity index (χ4n) is 3.96. The predicted molar refractivity (Wildman–Crippen MR) is 128 cm³/mol. The zero-order valence-electron chi connectivity index (χ0n) is 18.9. The van der Waals surface area contributed by atoms with Crippen molar-refractivity contribution in [3.8, 4) is 0 Å². The molecule has 2 aromatic heterocycles. The van der Waals surface area contributed by atoms with E-state index < -0.39 is 5.91 Å². The molecule has 8 N–H and O–H groups in total. The quantitative estimate of drug-likeness (QED) is 0.117. The smallest absolute Gasteiger partial charge is 0.268 e. The number of amides is 1. The third-order valence-corrected chi connectivity index (χ3v) is 5.92. The van der Waals surface area contributed by atoms with Crippen LogP contribution in [0, 0.1) is 19.3 Å². The van der Waals surface area contributed by atoms with E-state index in [9.17, 15) is 4.79 Å². The zero-order valence-corrected chi connectivity index (χ0v) is 18.9. The number of hydrogen-bond donors (Lipinski definition) is 5. The summed E-state index contributed by atoms with van der Waals surface area (Å²) in [5.74, 6) is 6.35. The second-order valence-electron chi connectivity index (χ2n) is 8.68. The maximum absolute atomic E-state index is 12.5. The lowest BCUT2D eigenvalue weighted by molar-refractivity contribution is -0.117. The number of nitrogens with two attached hydrogens (primary N) is 3. The van der Waals surface area contributed by atoms with Gasteiger partial charge in [-0.1, -0.05) is 6.07 Å². The number of aromatic nitrogens is 2. The molecule has 0 aliphatic heterocycles. The molecule has 0 bridgehead atoms. The Labute approximate surface area is 192 Å². The van der Waals surface area contributed by atoms with Crippen molar-refractivity contribution in [3.63, 3.8) is 0 Å². The highest BCUT2D eigenvalue weighted by molar-refractivity contribution is 5.95. The monoisotopic (exact) mass is 446 g/mol. The molecule has 0 saturated heterocycles. The number of rotatable bonds is 8. The fourth-order valence-corrected chi connectivity index (χ4v) is 3.96. The van der Waals surface area contributed by atoms with Crippen molar-refractivity contribution in [1.82, 2.24) is 19.7 Å². The average molecular weight is 447 g/mol. The van der Waals surface area contributed by atoms with Gasteiger partial charge >= 0.3 is 0 Å². The van der Waals surface area contributed by atoms with Crippen molar-refractivity contribution in [2.75, 3.05) is 0 Å². The van der Waals surface area contributed by atoms with Gasteiger partial charge in [0.1, 0.15) is 17.2 Å². The van der Waals surface area contributed by atoms with E-state index >= 15 is 0 Å². The van der Waals surface area contributed by atoms with Gasteiger partial charge < -0.3 is 26.2 Å². The van der Waals surface area contributed by atoms with Gasteiger partial charge in [-0.3, -0.25) is 10.2 Å². The summed E-state index contributed by atoms with van der Waals surface area (Å²) in [6.07, 6.45) is 7.97. The molecule has 0 radical (unpaired) electrons. The molecule has 1 saturated carbocycles. The van der Waals surface area contributed by atoms with Crippen LogP contribution in [0.3, 0.4) is 0 Å². The second kappa shape index (κ2) is 8.95. The highest BCUT2D eigenvalue weighted by atomic mass is 16.2. The molecular weight excluding hydrogens is 416 g/mol. The minimum Gasteiger partial charge on any atom is -0.393 e. The summed E-state index contributed by atoms with van der Waals surface area (Å²) in [7, 11) is 0. The Morgan fingerprint density at radius 3 is 2.58 bits per heavy atom. The molecule has 9 nitrogen and oxygen atoms in total. The van der Waals surface area contributed by atoms with Gasteiger partial charge in [0.05, 0.1) is 12.2 Å². The van der Waals surface area contributed by atoms with Gasteiger partial charge in [0.15, 0.2) is 0 Å². The molecule has 172 valence electrons. The molecule has 4 rings (SSSR count). The Bertz CT molecular complexity index is 1230. The van der Waals surface area contributed by atoms with Crippen LogP contribution in [-0.4, -0.2) is 26.1 Å². The van der Waals surface area contributed by atoms with Gasteiger partial charge in [-0.15, -0.1) is 0 Å². The maximum Gasteiger partial charge on any atom is 0.268 e. The number of amidine groups is 1. The normalized spacial score (nSPS) is 13.8. The summed E-state index contributed by atoms with van der Waals surface area (Å²) in [5.41, 5.74) is 18.0. The second-order valence-corrected chi connectivity index (χ2v) is 8.68. The molecule has 9 heteroatoms. The molecule has 1 aliphatic rings. The topological polar surface area (TPSA) is 152 Å². The van der Waals surface area contributed by atoms with Crippen molar-refractivity contribution in [3.05, 3.63) is 82.1 Å². The molecule has 2 heterocycles. The van der Waals surface area contributed by atoms with Crippen LogP contribution in [0.5, 0.6) is 0 Å². The van der Waals surface area contributed by atoms with E-state index in [4.69, 9.17) is 22.7 Å². The van der Waals surface area contributed by atoms with Gasteiger partial charge in [0.2, 0.25) is 0 Å². The van der Waals surface area contributed by atoms with E-state index in [1.165, 1.54) is 29.6 Å². The summed E-state index contributed by atoms with van der Waals surface area (Å²) in [6.45, 7) is 4.47. The number of fused-ring (bicyclic) bond motifs is 1. The predicted octanol–water partition coefficient (Wildman–Crippen LogP) is 1.90. The SMILES string of the molecule is Cc1cc(C(=N)N)cc(C)c1CNC(=O)/C(N)=C/N(N)Cc1cn2cc(C3CC3)ccc2n1. The molecule has 3 aromatic rings. The molecule has 1 aromatic carbocycles. The maximum atomic E-state index is 12.5. The van der Waals surface area contributed by atoms with Crippen molar-refractivity contribution in [1.29, 1.82) is 5.41 Å². The minimum atomic E-state index is -0.413. The zero-order chi connectivity index (χ0) is 23.7. The van der Waals surface area contributed by atoms with Crippen LogP contribution in [0.1, 0.15) is 52.3 Å². The Morgan fingerprint density at radius 2 is 1.94 bits per heavy atom. The number of nitrogen functional groups attached to an aromatic ring is 1. The highest BCUT2D eigenvalue weighted by Gasteiger charge is 2.23. The summed E-state index contributed by atoms with van der Waals surface area (Å²) < 4.78 is 2.01. The number of nitrogens with zero attached hydrogens (tertiary/aromatic N) is 3. The lowest BCUT2D eigenvalue weighted by atomic mass is 9.99. The summed E-state index contributed by atoms with van der Waals surface area (Å²) in [5, 5.41) is 11.8. The van der Waals surface area contributed by atoms with Crippen molar-refractivity contribution in [2.24, 2.45) is 17.3 Å². The number of nitrogens with one attached hydrogen (secondary N) is 2. The Morgan fingerprint density at radius 1 is 1.24 bits per heavy atom. The van der Waals surface area contributed by atoms with Gasteiger partial charge in [0.25, 0.3) is 5.91 Å². The number of imidazole rings is 1. The van der Waals surface area contributed by atoms with E-state index in [0.717, 1.165) is 28.0 Å². The lowest BCUT2D eigenvalue weighted by Crippen LogP contribution is -2.33. The standard InChI is InChI=1S/C24H30N8O/c1-14-7-18(23(26)27)8-15(2)20(14)9-29-24(33)21(25)13-32(28)12-19-11-31-10-17(16-3-4-16)5-6-22(31)30-19/h5-8,10-11,13,16H,3-4,9,12,25,28H2,1-2H3,(H3,26,27)(H,29,33)/b21-13-. The Balaban J connectivity index is 1.37. The van der Waals surface area contributed by atoms with Gasteiger partial charge in [-0.05, 0) is 73.1 Å². The van der Waals surface area contributed by atoms with Crippen LogP contribution >= 0.6 is 0 Å². The first kappa shape index (κ1) is 22.3. The van der Waals surface area contributed by atoms with Crippen LogP contribution in [0.4, 0.5) is 0 Å². The first-order chi connectivity index (χ1) is 15.7. The number of aryl methyl sites for hydroxylation is 2. The van der Waals surface area contributed by atoms with E-state index in [1.54, 1.807) is 0 Å². The molecule has 1 aliphatic carbocycles. The lowest BCUT2D eigenvalue weighted by Gasteiger charge is -2.15. The van der Waals surface area contributed by atoms with Crippen LogP contribution in [0.25, 0.3) is 5.65 Å². The number of carbonyl (C=O) groups is 1. The molecule has 0 atom stereocenters. The number of pyridine rings is 1. The number of hydrazine groups is 1. The third kappa shape index (κ3) is 5.15. The summed E-state index contributed by atoms with van der Waals surface area (Å²) in [4.78, 5) is 17.1. The van der Waals surface area contributed by atoms with E-state index in [2.05, 4.69) is 22.6 Å². The fraction of sp³-hybridized carbons (Fsp3) is 0.292. The van der Waals surface area contributed by atoms with Gasteiger partial charge in [-0.2, -0.15) is 0 Å². The molecular formula is C24H30N8O. The molecule has 1 fully saturated rings. The minimum absolute atomic E-state index is 0.00736. The molecule has 1 amide bonds. The first-order valence-electron chi connectivity index (χ1n) is 10.9. The van der Waals surface area contributed by atoms with E-state index in [0.29, 0.717) is 24.6 Å². The van der Waals surface area contributed by atoms with Gasteiger partial charge in [-0.25, -0.2) is 10.8 Å². The number of carbonyl (C=O) groups excluding carboxylic acids is 1. The van der Waals surface area contributed by atoms with E-state index in [-0.39, 0.29) is 11.5 Å². The van der Waals surface area contributed by atoms with E-state index in [1.807, 2.05) is 42.6 Å². The highest BCUT2D eigenvalue weighted by Crippen LogP contribution is 2.39. The van der Waals surface area contributed by atoms with Crippen LogP contribution in [0.15, 0.2) is 48.6 Å². The largest absolute Gasteiger partial charge is 0.393 e. The molecule has 0 spiro atoms. The molecule has 33 heavy (non-hydrogen) atoms. The van der Waals surface area contributed by atoms with Crippen molar-refractivity contribution >= 4 is 17.4 Å². The molecule has 0 unspecified atom stereocenters. The average Bonchev–Trinajstić information content (AvgIpc) is 3.52. The summed E-state index contributed by atoms with van der Waals surface area (Å²) in [6, 6.07) is 7.81. The van der Waals surface area contributed by atoms with Crippen molar-refractivity contribution < 1.29 is 4.79 Å². The van der Waals surface area contributed by atoms with Crippen LogP contribution in [0.2, 0.25) is 0 Å². The van der Waals surface area contributed by atoms with Crippen LogP contribution < -0.4 is 22.6 Å². The first-order valence-corrected chi connectivity index (χ1v) is 10.9.